The van der Waals surface area contributed by atoms with E-state index in [1.807, 2.05) is 71.9 Å². The summed E-state index contributed by atoms with van der Waals surface area (Å²) in [7, 11) is -5.60. The Bertz CT molecular complexity index is 3560. The molecule has 1 amide bonds. The maximum Gasteiger partial charge on any atom is 0.337 e. The molecule has 17 nitrogen and oxygen atoms in total. The first-order valence-electron chi connectivity index (χ1n) is 22.5. The van der Waals surface area contributed by atoms with Gasteiger partial charge in [0.1, 0.15) is 11.6 Å². The van der Waals surface area contributed by atoms with Crippen molar-refractivity contribution in [1.29, 1.82) is 0 Å². The van der Waals surface area contributed by atoms with Crippen LogP contribution in [0, 0.1) is 41.5 Å². The van der Waals surface area contributed by atoms with Gasteiger partial charge in [-0.1, -0.05) is 14.9 Å². The van der Waals surface area contributed by atoms with Gasteiger partial charge in [-0.15, -0.1) is 0 Å². The van der Waals surface area contributed by atoms with Gasteiger partial charge in [0.05, 0.1) is 33.5 Å². The van der Waals surface area contributed by atoms with Crippen molar-refractivity contribution in [2.45, 2.75) is 92.1 Å². The van der Waals surface area contributed by atoms with E-state index >= 15 is 0 Å². The van der Waals surface area contributed by atoms with Gasteiger partial charge in [-0.2, -0.15) is 0 Å². The molecule has 0 bridgehead atoms. The number of nitrogens with zero attached hydrogens (tertiary/aromatic N) is 6. The lowest BCUT2D eigenvalue weighted by Crippen LogP contribution is -2.24. The quantitative estimate of drug-likeness (QED) is 0.0888. The average molecular weight is 1040 g/mol. The number of pyridine rings is 6. The minimum absolute atomic E-state index is 0. The van der Waals surface area contributed by atoms with Gasteiger partial charge in [-0.25, -0.2) is 31.6 Å². The molecule has 0 saturated carbocycles. The van der Waals surface area contributed by atoms with Gasteiger partial charge in [-0.05, 0) is 159 Å². The molecule has 0 aliphatic rings. The number of nitrogen functional groups attached to an aromatic ring is 2. The molecule has 0 aliphatic carbocycles. The molecule has 0 atom stereocenters. The van der Waals surface area contributed by atoms with Crippen molar-refractivity contribution in [3.63, 3.8) is 0 Å². The largest absolute Gasteiger partial charge is 0.465 e. The fourth-order valence-corrected chi connectivity index (χ4v) is 9.89. The highest BCUT2D eigenvalue weighted by atomic mass is 32.2. The number of amides is 1. The molecule has 0 radical (unpaired) electrons. The second-order valence-electron chi connectivity index (χ2n) is 17.6. The number of ether oxygens (including phenoxy) is 1. The fourth-order valence-electron chi connectivity index (χ4n) is 8.12. The molecule has 8 rings (SSSR count). The Morgan fingerprint density at radius 2 is 1.03 bits per heavy atom. The van der Waals surface area contributed by atoms with Crippen LogP contribution in [-0.2, 0) is 50.3 Å². The number of rotatable bonds is 11. The van der Waals surface area contributed by atoms with E-state index in [1.54, 1.807) is 61.1 Å². The van der Waals surface area contributed by atoms with Gasteiger partial charge < -0.3 is 27.3 Å². The summed E-state index contributed by atoms with van der Waals surface area (Å²) in [5.74, 6) is 0.341. The van der Waals surface area contributed by atoms with Gasteiger partial charge in [0, 0.05) is 102 Å². The number of aryl methyl sites for hydroxylation is 6. The fraction of sp³-hybridized carbons (Fsp3) is 0.273. The second-order valence-corrected chi connectivity index (χ2v) is 21.5. The molecule has 0 unspecified atom stereocenters. The number of sulfone groups is 2. The first-order chi connectivity index (χ1) is 33.9. The Balaban J connectivity index is 0.000000267. The summed E-state index contributed by atoms with van der Waals surface area (Å²) in [5.41, 5.74) is 29.2. The zero-order chi connectivity index (χ0) is 52.7. The topological polar surface area (TPSA) is 279 Å². The van der Waals surface area contributed by atoms with E-state index in [1.165, 1.54) is 25.8 Å². The van der Waals surface area contributed by atoms with Gasteiger partial charge in [0.2, 0.25) is 0 Å². The Hall–Kier alpha value is -7.74. The molecule has 74 heavy (non-hydrogen) atoms. The first kappa shape index (κ1) is 58.8. The Kier molecular flexibility index (Phi) is 19.7. The standard InChI is InChI=1S/C26H27N5O3S.C19H18N2O4S.C8H13N3.2CH4/c1-15-7-20-9-18(11-23(35(4,33)34)25(20)29-13-15)10-21-12-19(5-6-28-21)26(32)30-14-22-16(2)8-24(27)31-17(22)3;1-12-6-15-7-13(9-17(26(3,23)24)18(15)21-11-12)8-16-10-14(4-5-20-16)19(22)25-2;1-5-3-8(10)11-6(2)7(5)4-9;;/h5-9,11-13H,10,14H2,1-4H3,(H2,27,31)(H,30,32);4-7,9-11H,8H2,1-3H3;3H,4,9H2,1-2H3,(H2,10,11);2*1H4. The molecule has 0 saturated heterocycles. The van der Waals surface area contributed by atoms with Crippen LogP contribution in [-0.4, -0.2) is 78.2 Å². The number of fused-ring (bicyclic) bond motifs is 2. The predicted molar refractivity (Wildman–Crippen MR) is 293 cm³/mol. The van der Waals surface area contributed by atoms with Crippen molar-refractivity contribution in [3.05, 3.63) is 176 Å². The van der Waals surface area contributed by atoms with Gasteiger partial charge >= 0.3 is 5.97 Å². The van der Waals surface area contributed by atoms with Crippen molar-refractivity contribution < 1.29 is 31.2 Å². The molecular formula is C55H66N10O7S2. The summed E-state index contributed by atoms with van der Waals surface area (Å²) in [4.78, 5) is 50.5. The van der Waals surface area contributed by atoms with E-state index < -0.39 is 25.6 Å². The number of carbonyl (C=O) groups is 2. The van der Waals surface area contributed by atoms with Crippen LogP contribution in [0.25, 0.3) is 21.8 Å². The number of hydrogen-bond acceptors (Lipinski definition) is 16. The zero-order valence-corrected chi connectivity index (χ0v) is 43.3. The van der Waals surface area contributed by atoms with Crippen LogP contribution >= 0.6 is 0 Å². The number of benzene rings is 2. The van der Waals surface area contributed by atoms with Crippen LogP contribution in [0.15, 0.2) is 107 Å². The highest BCUT2D eigenvalue weighted by Crippen LogP contribution is 2.27. The van der Waals surface area contributed by atoms with Crippen LogP contribution in [0.5, 0.6) is 0 Å². The minimum Gasteiger partial charge on any atom is -0.465 e. The molecule has 8 aromatic rings. The third-order valence-corrected chi connectivity index (χ3v) is 13.8. The number of nitrogens with two attached hydrogens (primary N) is 3. The third kappa shape index (κ3) is 14.9. The number of carbonyl (C=O) groups excluding carboxylic acids is 2. The summed E-state index contributed by atoms with van der Waals surface area (Å²) in [5, 5.41) is 4.44. The van der Waals surface area contributed by atoms with E-state index in [9.17, 15) is 26.4 Å². The monoisotopic (exact) mass is 1040 g/mol. The summed E-state index contributed by atoms with van der Waals surface area (Å²) in [6, 6.07) is 21.1. The van der Waals surface area contributed by atoms with Gasteiger partial charge in [0.25, 0.3) is 5.91 Å². The van der Waals surface area contributed by atoms with Crippen LogP contribution in [0.4, 0.5) is 11.6 Å². The molecule has 6 aromatic heterocycles. The van der Waals surface area contributed by atoms with E-state index in [0.29, 0.717) is 71.1 Å². The lowest BCUT2D eigenvalue weighted by atomic mass is 10.0. The van der Waals surface area contributed by atoms with Crippen LogP contribution in [0.3, 0.4) is 0 Å². The summed E-state index contributed by atoms with van der Waals surface area (Å²) in [6.07, 6.45) is 9.52. The Morgan fingerprint density at radius 3 is 1.45 bits per heavy atom. The van der Waals surface area contributed by atoms with Crippen LogP contribution in [0.1, 0.15) is 103 Å². The molecular weight excluding hydrogens is 977 g/mol. The maximum atomic E-state index is 12.8. The molecule has 6 heterocycles. The predicted octanol–water partition coefficient (Wildman–Crippen LogP) is 8.19. The van der Waals surface area contributed by atoms with Crippen molar-refractivity contribution in [2.24, 2.45) is 5.73 Å². The van der Waals surface area contributed by atoms with E-state index in [4.69, 9.17) is 21.9 Å². The molecule has 19 heteroatoms. The lowest BCUT2D eigenvalue weighted by Gasteiger charge is -2.12. The van der Waals surface area contributed by atoms with E-state index in [0.717, 1.165) is 66.7 Å². The Morgan fingerprint density at radius 1 is 0.595 bits per heavy atom. The number of hydrogen-bond donors (Lipinski definition) is 4. The van der Waals surface area contributed by atoms with E-state index in [-0.39, 0.29) is 30.6 Å². The molecule has 7 N–H and O–H groups in total. The SMILES string of the molecule is C.C.COC(=O)c1ccnc(Cc2cc(S(C)(=O)=O)c3ncc(C)cc3c2)c1.Cc1cc(N)nc(C)c1CN.Cc1cnc2c(S(C)(=O)=O)cc(Cc3cc(C(=O)NCc4c(C)cc(N)nc4C)ccn3)cc2c1. The minimum atomic E-state index is -3.48. The number of methoxy groups -OCH3 is 1. The van der Waals surface area contributed by atoms with Crippen molar-refractivity contribution in [3.8, 4) is 0 Å². The summed E-state index contributed by atoms with van der Waals surface area (Å²) in [6.45, 7) is 12.4. The van der Waals surface area contributed by atoms with Crippen LogP contribution in [0.2, 0.25) is 0 Å². The molecule has 2 aromatic carbocycles. The van der Waals surface area contributed by atoms with Crippen molar-refractivity contribution in [2.75, 3.05) is 31.1 Å². The summed E-state index contributed by atoms with van der Waals surface area (Å²) >= 11 is 0. The smallest absolute Gasteiger partial charge is 0.337 e. The highest BCUT2D eigenvalue weighted by molar-refractivity contribution is 7.91. The molecule has 0 fully saturated rings. The van der Waals surface area contributed by atoms with Crippen molar-refractivity contribution >= 4 is 65.0 Å². The normalized spacial score (nSPS) is 11.0. The van der Waals surface area contributed by atoms with Gasteiger partial charge in [0.15, 0.2) is 19.7 Å². The summed E-state index contributed by atoms with van der Waals surface area (Å²) < 4.78 is 54.0. The molecule has 0 spiro atoms. The highest BCUT2D eigenvalue weighted by Gasteiger charge is 2.18. The number of aromatic nitrogens is 6. The molecule has 390 valence electrons. The van der Waals surface area contributed by atoms with Gasteiger partial charge in [-0.3, -0.25) is 24.7 Å². The van der Waals surface area contributed by atoms with Crippen molar-refractivity contribution in [1.82, 2.24) is 35.2 Å². The third-order valence-electron chi connectivity index (χ3n) is 11.6. The number of nitrogens with one attached hydrogen (secondary N) is 1. The zero-order valence-electron chi connectivity index (χ0n) is 41.7. The lowest BCUT2D eigenvalue weighted by molar-refractivity contribution is 0.0600. The number of anilines is 2. The van der Waals surface area contributed by atoms with E-state index in [2.05, 4.69) is 35.2 Å². The molecule has 0 aliphatic heterocycles. The average Bonchev–Trinajstić information content (AvgIpc) is 3.30. The van der Waals surface area contributed by atoms with Crippen LogP contribution < -0.4 is 22.5 Å². The number of esters is 1. The Labute approximate surface area is 434 Å². The second kappa shape index (κ2) is 24.8. The first-order valence-corrected chi connectivity index (χ1v) is 26.3. The maximum absolute atomic E-state index is 12.8.